The number of urea groups is 1. The van der Waals surface area contributed by atoms with Gasteiger partial charge >= 0.3 is 12.0 Å². The van der Waals surface area contributed by atoms with E-state index in [1.807, 2.05) is 24.3 Å². The zero-order valence-electron chi connectivity index (χ0n) is 13.3. The van der Waals surface area contributed by atoms with Crippen LogP contribution >= 0.6 is 15.9 Å². The van der Waals surface area contributed by atoms with Crippen molar-refractivity contribution < 1.29 is 19.1 Å². The molecule has 1 aromatic rings. The molecule has 0 aromatic heterocycles. The predicted molar refractivity (Wildman–Crippen MR) is 88.7 cm³/mol. The van der Waals surface area contributed by atoms with Crippen LogP contribution in [0.3, 0.4) is 0 Å². The highest BCUT2D eigenvalue weighted by Crippen LogP contribution is 2.34. The second-order valence-corrected chi connectivity index (χ2v) is 5.89. The number of carbonyl (C=O) groups is 2. The van der Waals surface area contributed by atoms with E-state index in [9.17, 15) is 9.59 Å². The number of nitrogens with zero attached hydrogens (tertiary/aromatic N) is 1. The van der Waals surface area contributed by atoms with Gasteiger partial charge in [0.25, 0.3) is 0 Å². The van der Waals surface area contributed by atoms with Gasteiger partial charge in [-0.3, -0.25) is 4.90 Å². The van der Waals surface area contributed by atoms with Crippen molar-refractivity contribution in [1.82, 2.24) is 10.2 Å². The fraction of sp³-hybridized carbons (Fsp3) is 0.375. The van der Waals surface area contributed by atoms with Gasteiger partial charge in [-0.25, -0.2) is 9.59 Å². The van der Waals surface area contributed by atoms with Crippen molar-refractivity contribution in [3.8, 4) is 0 Å². The monoisotopic (exact) mass is 382 g/mol. The maximum atomic E-state index is 12.4. The molecule has 0 fully saturated rings. The van der Waals surface area contributed by atoms with Gasteiger partial charge in [0.05, 0.1) is 31.9 Å². The summed E-state index contributed by atoms with van der Waals surface area (Å²) in [5.74, 6) is -0.467. The Morgan fingerprint density at radius 2 is 2.04 bits per heavy atom. The van der Waals surface area contributed by atoms with Crippen molar-refractivity contribution in [1.29, 1.82) is 0 Å². The van der Waals surface area contributed by atoms with E-state index in [0.717, 1.165) is 10.0 Å². The maximum absolute atomic E-state index is 12.4. The van der Waals surface area contributed by atoms with Gasteiger partial charge < -0.3 is 14.8 Å². The van der Waals surface area contributed by atoms with Crippen LogP contribution in [-0.4, -0.2) is 44.3 Å². The molecule has 1 aromatic carbocycles. The fourth-order valence-corrected chi connectivity index (χ4v) is 3.06. The Hall–Kier alpha value is -1.86. The maximum Gasteiger partial charge on any atom is 0.337 e. The van der Waals surface area contributed by atoms with Crippen LogP contribution in [0, 0.1) is 0 Å². The zero-order chi connectivity index (χ0) is 17.0. The summed E-state index contributed by atoms with van der Waals surface area (Å²) in [6.45, 7) is 2.47. The number of amides is 2. The van der Waals surface area contributed by atoms with Gasteiger partial charge in [0.2, 0.25) is 0 Å². The van der Waals surface area contributed by atoms with Crippen molar-refractivity contribution in [2.24, 2.45) is 0 Å². The van der Waals surface area contributed by atoms with Crippen LogP contribution in [0.25, 0.3) is 0 Å². The molecule has 0 saturated carbocycles. The molecule has 1 aliphatic heterocycles. The SMILES string of the molecule is COCCN1C(=O)NC(c2ccccc2Br)C(C(=O)OC)=C1C. The van der Waals surface area contributed by atoms with Crippen LogP contribution < -0.4 is 5.32 Å². The smallest absolute Gasteiger partial charge is 0.337 e. The molecule has 1 N–H and O–H groups in total. The molecule has 0 saturated heterocycles. The number of carbonyl (C=O) groups excluding carboxylic acids is 2. The highest BCUT2D eigenvalue weighted by Gasteiger charge is 2.36. The van der Waals surface area contributed by atoms with E-state index in [4.69, 9.17) is 9.47 Å². The lowest BCUT2D eigenvalue weighted by Gasteiger charge is -2.35. The lowest BCUT2D eigenvalue weighted by molar-refractivity contribution is -0.136. The van der Waals surface area contributed by atoms with Crippen LogP contribution in [0.2, 0.25) is 0 Å². The summed E-state index contributed by atoms with van der Waals surface area (Å²) in [5.41, 5.74) is 1.78. The number of rotatable bonds is 5. The van der Waals surface area contributed by atoms with Crippen molar-refractivity contribution in [3.63, 3.8) is 0 Å². The predicted octanol–water partition coefficient (Wildman–Crippen LogP) is 2.61. The zero-order valence-corrected chi connectivity index (χ0v) is 14.8. The minimum absolute atomic E-state index is 0.270. The van der Waals surface area contributed by atoms with Crippen LogP contribution in [0.15, 0.2) is 40.0 Å². The number of allylic oxidation sites excluding steroid dienone is 1. The molecule has 124 valence electrons. The molecular weight excluding hydrogens is 364 g/mol. The third-order valence-corrected chi connectivity index (χ3v) is 4.46. The molecular formula is C16H19BrN2O4. The lowest BCUT2D eigenvalue weighted by Crippen LogP contribution is -2.49. The summed E-state index contributed by atoms with van der Waals surface area (Å²) in [4.78, 5) is 26.2. The Balaban J connectivity index is 2.51. The molecule has 6 nitrogen and oxygen atoms in total. The Labute approximate surface area is 143 Å². The Kier molecular flexibility index (Phi) is 5.79. The van der Waals surface area contributed by atoms with Gasteiger partial charge in [-0.2, -0.15) is 0 Å². The van der Waals surface area contributed by atoms with E-state index in [1.165, 1.54) is 12.0 Å². The van der Waals surface area contributed by atoms with E-state index in [0.29, 0.717) is 24.4 Å². The van der Waals surface area contributed by atoms with Gasteiger partial charge in [0.15, 0.2) is 0 Å². The van der Waals surface area contributed by atoms with E-state index in [1.54, 1.807) is 14.0 Å². The molecule has 0 bridgehead atoms. The number of esters is 1. The summed E-state index contributed by atoms with van der Waals surface area (Å²) < 4.78 is 10.8. The van der Waals surface area contributed by atoms with E-state index in [-0.39, 0.29) is 6.03 Å². The molecule has 2 amide bonds. The van der Waals surface area contributed by atoms with Crippen molar-refractivity contribution in [2.45, 2.75) is 13.0 Å². The van der Waals surface area contributed by atoms with Gasteiger partial charge in [0, 0.05) is 17.3 Å². The normalized spacial score (nSPS) is 18.0. The average Bonchev–Trinajstić information content (AvgIpc) is 2.54. The average molecular weight is 383 g/mol. The quantitative estimate of drug-likeness (QED) is 0.794. The molecule has 0 aliphatic carbocycles. The van der Waals surface area contributed by atoms with Gasteiger partial charge in [-0.05, 0) is 18.6 Å². The highest BCUT2D eigenvalue weighted by atomic mass is 79.9. The minimum Gasteiger partial charge on any atom is -0.466 e. The summed E-state index contributed by atoms with van der Waals surface area (Å²) in [6.07, 6.45) is 0. The molecule has 23 heavy (non-hydrogen) atoms. The van der Waals surface area contributed by atoms with Gasteiger partial charge in [0.1, 0.15) is 0 Å². The van der Waals surface area contributed by atoms with E-state index < -0.39 is 12.0 Å². The van der Waals surface area contributed by atoms with E-state index in [2.05, 4.69) is 21.2 Å². The van der Waals surface area contributed by atoms with Crippen LogP contribution in [0.5, 0.6) is 0 Å². The lowest BCUT2D eigenvalue weighted by atomic mass is 9.95. The Bertz CT molecular complexity index is 645. The second kappa shape index (κ2) is 7.61. The summed E-state index contributed by atoms with van der Waals surface area (Å²) in [6, 6.07) is 6.61. The summed E-state index contributed by atoms with van der Waals surface area (Å²) in [5, 5.41) is 2.87. The molecule has 7 heteroatoms. The molecule has 1 aliphatic rings. The number of hydrogen-bond donors (Lipinski definition) is 1. The molecule has 0 spiro atoms. The fourth-order valence-electron chi connectivity index (χ4n) is 2.55. The first-order valence-electron chi connectivity index (χ1n) is 7.11. The standard InChI is InChI=1S/C16H19BrN2O4/c1-10-13(15(20)23-3)14(11-6-4-5-7-12(11)17)18-16(21)19(10)8-9-22-2/h4-7,14H,8-9H2,1-3H3,(H,18,21). The first kappa shape index (κ1) is 17.5. The Morgan fingerprint density at radius 3 is 2.65 bits per heavy atom. The third kappa shape index (κ3) is 3.56. The minimum atomic E-state index is -0.565. The van der Waals surface area contributed by atoms with Crippen LogP contribution in [0.1, 0.15) is 18.5 Å². The summed E-state index contributed by atoms with van der Waals surface area (Å²) >= 11 is 3.47. The first-order chi connectivity index (χ1) is 11.0. The first-order valence-corrected chi connectivity index (χ1v) is 7.91. The summed E-state index contributed by atoms with van der Waals surface area (Å²) in [7, 11) is 2.89. The number of ether oxygens (including phenoxy) is 2. The number of hydrogen-bond acceptors (Lipinski definition) is 4. The van der Waals surface area contributed by atoms with Crippen molar-refractivity contribution >= 4 is 27.9 Å². The third-order valence-electron chi connectivity index (χ3n) is 3.74. The van der Waals surface area contributed by atoms with Crippen LogP contribution in [0.4, 0.5) is 4.79 Å². The largest absolute Gasteiger partial charge is 0.466 e. The number of nitrogens with one attached hydrogen (secondary N) is 1. The molecule has 2 rings (SSSR count). The van der Waals surface area contributed by atoms with E-state index >= 15 is 0 Å². The number of halogens is 1. The van der Waals surface area contributed by atoms with Crippen LogP contribution in [-0.2, 0) is 14.3 Å². The number of methoxy groups -OCH3 is 2. The Morgan fingerprint density at radius 1 is 1.35 bits per heavy atom. The second-order valence-electron chi connectivity index (χ2n) is 5.04. The topological polar surface area (TPSA) is 67.9 Å². The van der Waals surface area contributed by atoms with Crippen molar-refractivity contribution in [2.75, 3.05) is 27.4 Å². The number of benzene rings is 1. The van der Waals surface area contributed by atoms with Gasteiger partial charge in [-0.15, -0.1) is 0 Å². The molecule has 1 atom stereocenters. The molecule has 0 radical (unpaired) electrons. The molecule has 1 unspecified atom stereocenters. The highest BCUT2D eigenvalue weighted by molar-refractivity contribution is 9.10. The molecule has 1 heterocycles. The van der Waals surface area contributed by atoms with Gasteiger partial charge in [-0.1, -0.05) is 34.1 Å². The van der Waals surface area contributed by atoms with Crippen molar-refractivity contribution in [3.05, 3.63) is 45.6 Å².